The van der Waals surface area contributed by atoms with Gasteiger partial charge in [0.25, 0.3) is 0 Å². The molecule has 5 heteroatoms. The molecule has 0 aliphatic heterocycles. The average Bonchev–Trinajstić information content (AvgIpc) is 2.82. The first-order chi connectivity index (χ1) is 10.1. The predicted molar refractivity (Wildman–Crippen MR) is 86.7 cm³/mol. The standard InChI is InChI=1S/C16H18Cl2N2O/c1-9-2-4-10(5-3-9)15-14(16(19)21-20-15)12-7-6-11(17)8-13(12)18/h6-10H,2-5,19H2,1H3. The van der Waals surface area contributed by atoms with Crippen LogP contribution in [0.25, 0.3) is 11.1 Å². The molecule has 1 fully saturated rings. The van der Waals surface area contributed by atoms with Gasteiger partial charge >= 0.3 is 0 Å². The van der Waals surface area contributed by atoms with Gasteiger partial charge in [-0.25, -0.2) is 0 Å². The van der Waals surface area contributed by atoms with Gasteiger partial charge in [-0.3, -0.25) is 0 Å². The fourth-order valence-electron chi connectivity index (χ4n) is 3.09. The van der Waals surface area contributed by atoms with E-state index in [1.54, 1.807) is 6.07 Å². The molecule has 1 aromatic heterocycles. The maximum Gasteiger partial charge on any atom is 0.230 e. The van der Waals surface area contributed by atoms with Crippen LogP contribution in [0.5, 0.6) is 0 Å². The minimum Gasteiger partial charge on any atom is -0.367 e. The second-order valence-corrected chi connectivity index (χ2v) is 6.73. The summed E-state index contributed by atoms with van der Waals surface area (Å²) in [6.45, 7) is 2.30. The Morgan fingerprint density at radius 3 is 2.57 bits per heavy atom. The van der Waals surface area contributed by atoms with E-state index in [9.17, 15) is 0 Å². The molecule has 2 N–H and O–H groups in total. The van der Waals surface area contributed by atoms with Crippen molar-refractivity contribution in [3.8, 4) is 11.1 Å². The predicted octanol–water partition coefficient (Wildman–Crippen LogP) is 5.52. The second-order valence-electron chi connectivity index (χ2n) is 5.89. The van der Waals surface area contributed by atoms with Crippen LogP contribution in [0.3, 0.4) is 0 Å². The Morgan fingerprint density at radius 1 is 1.19 bits per heavy atom. The summed E-state index contributed by atoms with van der Waals surface area (Å²) in [5.41, 5.74) is 8.60. The molecule has 1 aromatic carbocycles. The van der Waals surface area contributed by atoms with Crippen LogP contribution in [0.2, 0.25) is 10.0 Å². The van der Waals surface area contributed by atoms with Crippen LogP contribution in [0.15, 0.2) is 22.7 Å². The molecule has 0 unspecified atom stereocenters. The van der Waals surface area contributed by atoms with Gasteiger partial charge in [0, 0.05) is 16.5 Å². The van der Waals surface area contributed by atoms with Gasteiger partial charge < -0.3 is 10.3 Å². The number of nitrogens with two attached hydrogens (primary N) is 1. The van der Waals surface area contributed by atoms with Crippen molar-refractivity contribution in [1.29, 1.82) is 0 Å². The van der Waals surface area contributed by atoms with E-state index in [0.29, 0.717) is 21.8 Å². The van der Waals surface area contributed by atoms with Gasteiger partial charge in [0.1, 0.15) is 0 Å². The molecular formula is C16H18Cl2N2O. The Kier molecular flexibility index (Phi) is 4.14. The zero-order chi connectivity index (χ0) is 15.0. The average molecular weight is 325 g/mol. The van der Waals surface area contributed by atoms with E-state index < -0.39 is 0 Å². The van der Waals surface area contributed by atoms with Crippen LogP contribution in [0.1, 0.15) is 44.2 Å². The highest BCUT2D eigenvalue weighted by atomic mass is 35.5. The van der Waals surface area contributed by atoms with E-state index in [0.717, 1.165) is 35.6 Å². The Bertz CT molecular complexity index is 646. The van der Waals surface area contributed by atoms with Crippen LogP contribution in [-0.4, -0.2) is 5.16 Å². The van der Waals surface area contributed by atoms with Gasteiger partial charge in [-0.05, 0) is 30.9 Å². The lowest BCUT2D eigenvalue weighted by molar-refractivity contribution is 0.331. The molecule has 0 amide bonds. The number of hydrogen-bond acceptors (Lipinski definition) is 3. The molecule has 1 aliphatic carbocycles. The van der Waals surface area contributed by atoms with Crippen LogP contribution in [0.4, 0.5) is 5.88 Å². The lowest BCUT2D eigenvalue weighted by Gasteiger charge is -2.25. The lowest BCUT2D eigenvalue weighted by Crippen LogP contribution is -2.12. The van der Waals surface area contributed by atoms with Crippen molar-refractivity contribution >= 4 is 29.1 Å². The molecule has 112 valence electrons. The van der Waals surface area contributed by atoms with Crippen LogP contribution in [0, 0.1) is 5.92 Å². The number of nitrogen functional groups attached to an aromatic ring is 1. The maximum absolute atomic E-state index is 6.32. The quantitative estimate of drug-likeness (QED) is 0.790. The van der Waals surface area contributed by atoms with Crippen molar-refractivity contribution in [2.24, 2.45) is 5.92 Å². The third kappa shape index (κ3) is 2.90. The first-order valence-electron chi connectivity index (χ1n) is 7.26. The first-order valence-corrected chi connectivity index (χ1v) is 8.02. The number of rotatable bonds is 2. The number of nitrogens with zero attached hydrogens (tertiary/aromatic N) is 1. The van der Waals surface area contributed by atoms with Crippen molar-refractivity contribution in [2.75, 3.05) is 5.73 Å². The van der Waals surface area contributed by atoms with E-state index in [1.807, 2.05) is 12.1 Å². The van der Waals surface area contributed by atoms with Gasteiger partial charge in [0.2, 0.25) is 5.88 Å². The summed E-state index contributed by atoms with van der Waals surface area (Å²) in [4.78, 5) is 0. The highest BCUT2D eigenvalue weighted by Gasteiger charge is 2.28. The van der Waals surface area contributed by atoms with Gasteiger partial charge in [-0.2, -0.15) is 0 Å². The summed E-state index contributed by atoms with van der Waals surface area (Å²) in [6, 6.07) is 5.40. The third-order valence-electron chi connectivity index (χ3n) is 4.35. The Hall–Kier alpha value is -1.19. The molecule has 0 atom stereocenters. The summed E-state index contributed by atoms with van der Waals surface area (Å²) >= 11 is 12.3. The minimum absolute atomic E-state index is 0.327. The minimum atomic E-state index is 0.327. The zero-order valence-electron chi connectivity index (χ0n) is 11.9. The first kappa shape index (κ1) is 14.7. The van der Waals surface area contributed by atoms with Crippen LogP contribution < -0.4 is 5.73 Å². The lowest BCUT2D eigenvalue weighted by atomic mass is 9.80. The molecule has 3 nitrogen and oxygen atoms in total. The van der Waals surface area contributed by atoms with Gasteiger partial charge in [0.05, 0.1) is 16.3 Å². The van der Waals surface area contributed by atoms with Crippen LogP contribution >= 0.6 is 23.2 Å². The van der Waals surface area contributed by atoms with Crippen molar-refractivity contribution in [3.63, 3.8) is 0 Å². The van der Waals surface area contributed by atoms with Gasteiger partial charge in [-0.15, -0.1) is 0 Å². The molecule has 0 bridgehead atoms. The highest BCUT2D eigenvalue weighted by molar-refractivity contribution is 6.36. The number of benzene rings is 1. The van der Waals surface area contributed by atoms with E-state index in [2.05, 4.69) is 12.1 Å². The summed E-state index contributed by atoms with van der Waals surface area (Å²) < 4.78 is 5.25. The normalized spacial score (nSPS) is 22.4. The maximum atomic E-state index is 6.32. The van der Waals surface area contributed by atoms with E-state index in [1.165, 1.54) is 12.8 Å². The fourth-order valence-corrected chi connectivity index (χ4v) is 3.59. The highest BCUT2D eigenvalue weighted by Crippen LogP contribution is 2.43. The Balaban J connectivity index is 2.01. The van der Waals surface area contributed by atoms with Crippen molar-refractivity contribution in [3.05, 3.63) is 33.9 Å². The molecular weight excluding hydrogens is 307 g/mol. The van der Waals surface area contributed by atoms with Crippen molar-refractivity contribution < 1.29 is 4.52 Å². The molecule has 0 saturated heterocycles. The smallest absolute Gasteiger partial charge is 0.230 e. The molecule has 0 spiro atoms. The molecule has 1 aliphatic rings. The Labute approximate surface area is 134 Å². The zero-order valence-corrected chi connectivity index (χ0v) is 13.4. The van der Waals surface area contributed by atoms with Crippen molar-refractivity contribution in [1.82, 2.24) is 5.16 Å². The monoisotopic (exact) mass is 324 g/mol. The van der Waals surface area contributed by atoms with Gasteiger partial charge in [0.15, 0.2) is 0 Å². The Morgan fingerprint density at radius 2 is 1.90 bits per heavy atom. The molecule has 3 rings (SSSR count). The second kappa shape index (κ2) is 5.90. The summed E-state index contributed by atoms with van der Waals surface area (Å²) in [5, 5.41) is 5.39. The van der Waals surface area contributed by atoms with Crippen molar-refractivity contribution in [2.45, 2.75) is 38.5 Å². The van der Waals surface area contributed by atoms with E-state index >= 15 is 0 Å². The van der Waals surface area contributed by atoms with Crippen LogP contribution in [-0.2, 0) is 0 Å². The molecule has 1 saturated carbocycles. The SMILES string of the molecule is CC1CCC(c2noc(N)c2-c2ccc(Cl)cc2Cl)CC1. The summed E-state index contributed by atoms with van der Waals surface area (Å²) in [6.07, 6.45) is 4.66. The third-order valence-corrected chi connectivity index (χ3v) is 4.90. The topological polar surface area (TPSA) is 52.0 Å². The molecule has 21 heavy (non-hydrogen) atoms. The largest absolute Gasteiger partial charge is 0.367 e. The van der Waals surface area contributed by atoms with E-state index in [4.69, 9.17) is 33.5 Å². The fraction of sp³-hybridized carbons (Fsp3) is 0.438. The number of halogens is 2. The number of aromatic nitrogens is 1. The molecule has 2 aromatic rings. The van der Waals surface area contributed by atoms with E-state index in [-0.39, 0.29) is 0 Å². The summed E-state index contributed by atoms with van der Waals surface area (Å²) in [7, 11) is 0. The molecule has 0 radical (unpaired) electrons. The number of anilines is 1. The molecule has 1 heterocycles. The summed E-state index contributed by atoms with van der Waals surface area (Å²) in [5.74, 6) is 1.50. The number of hydrogen-bond donors (Lipinski definition) is 1. The van der Waals surface area contributed by atoms with Gasteiger partial charge in [-0.1, -0.05) is 54.2 Å².